The normalized spacial score (nSPS) is 34.9. The summed E-state index contributed by atoms with van der Waals surface area (Å²) in [5.41, 5.74) is 0.665. The highest BCUT2D eigenvalue weighted by molar-refractivity contribution is 8.00. The standard InChI is InChI=1S/C40H59N7O5S/c1-6-39(4)19-30(33-25(2)7-13-40(26(3)36(39)51)14-8-29(48)34(33)40)52-32(50)22-53-28-10-16-45(17-11-28)31(49)12-18-47-24-44-35-37(42-23-43-38(35)47)46-15-9-27(21-46)20-41-5/h6,23-28,30,33-34,36,41,51H,1,7-22H2,2-5H3/t25?,26-,27?,30+,33-,34?,36-,39+,40-/m0/s1. The zero-order chi connectivity index (χ0) is 37.5. The number of ether oxygens (including phenoxy) is 1. The van der Waals surface area contributed by atoms with Crippen molar-refractivity contribution in [3.05, 3.63) is 25.3 Å². The number of carbonyl (C=O) groups is 3. The number of anilines is 1. The molecule has 1 amide bonds. The number of imidazole rings is 1. The largest absolute Gasteiger partial charge is 0.461 e. The van der Waals surface area contributed by atoms with E-state index in [-0.39, 0.29) is 57.7 Å². The van der Waals surface area contributed by atoms with Gasteiger partial charge in [-0.2, -0.15) is 0 Å². The number of ketones is 1. The van der Waals surface area contributed by atoms with Crippen LogP contribution in [0.5, 0.6) is 0 Å². The molecule has 7 rings (SSSR count). The molecule has 2 aromatic rings. The lowest BCUT2D eigenvalue weighted by Gasteiger charge is -2.57. The number of carbonyl (C=O) groups excluding carboxylic acids is 3. The van der Waals surface area contributed by atoms with Crippen LogP contribution in [0.25, 0.3) is 11.2 Å². The second-order valence-electron chi connectivity index (χ2n) is 17.1. The molecule has 3 aliphatic carbocycles. The Kier molecular flexibility index (Phi) is 11.3. The summed E-state index contributed by atoms with van der Waals surface area (Å²) in [6.07, 6.45) is 10.9. The number of amides is 1. The molecule has 12 nitrogen and oxygen atoms in total. The molecule has 2 aliphatic heterocycles. The molecule has 0 spiro atoms. The van der Waals surface area contributed by atoms with Crippen LogP contribution in [0.1, 0.15) is 78.6 Å². The van der Waals surface area contributed by atoms with Gasteiger partial charge in [-0.15, -0.1) is 18.3 Å². The van der Waals surface area contributed by atoms with E-state index >= 15 is 0 Å². The van der Waals surface area contributed by atoms with Gasteiger partial charge in [-0.3, -0.25) is 14.4 Å². The fourth-order valence-electron chi connectivity index (χ4n) is 10.9. The van der Waals surface area contributed by atoms with Crippen molar-refractivity contribution in [1.29, 1.82) is 0 Å². The highest BCUT2D eigenvalue weighted by Crippen LogP contribution is 2.63. The first-order chi connectivity index (χ1) is 25.5. The monoisotopic (exact) mass is 749 g/mol. The topological polar surface area (TPSA) is 143 Å². The highest BCUT2D eigenvalue weighted by atomic mass is 32.2. The molecule has 0 aromatic carbocycles. The number of thioether (sulfide) groups is 1. The van der Waals surface area contributed by atoms with E-state index in [1.165, 1.54) is 0 Å². The molecule has 0 radical (unpaired) electrons. The lowest BCUT2D eigenvalue weighted by atomic mass is 9.49. The number of piperidine rings is 1. The van der Waals surface area contributed by atoms with Crippen LogP contribution in [0.15, 0.2) is 25.3 Å². The molecule has 3 saturated carbocycles. The SMILES string of the molecule is C=C[C@]1(C)C[C@@H](OC(=O)CSC2CCN(C(=O)CCn3cnc4c(N5CCC(CNC)C5)ncnc43)CC2)[C@@H]2C(C)CC[C@]3(CCC(=O)C23)[C@@H](C)[C@@H]1O. The Morgan fingerprint density at radius 3 is 2.68 bits per heavy atom. The Balaban J connectivity index is 0.910. The molecule has 2 aromatic heterocycles. The van der Waals surface area contributed by atoms with E-state index < -0.39 is 17.6 Å². The third-order valence-electron chi connectivity index (χ3n) is 14.0. The minimum Gasteiger partial charge on any atom is -0.461 e. The van der Waals surface area contributed by atoms with E-state index in [9.17, 15) is 19.5 Å². The van der Waals surface area contributed by atoms with Gasteiger partial charge < -0.3 is 29.5 Å². The Labute approximate surface area is 318 Å². The maximum absolute atomic E-state index is 13.5. The van der Waals surface area contributed by atoms with Crippen molar-refractivity contribution in [2.45, 2.75) is 103 Å². The third kappa shape index (κ3) is 7.26. The second-order valence-corrected chi connectivity index (χ2v) is 18.3. The number of nitrogens with one attached hydrogen (secondary N) is 1. The van der Waals surface area contributed by atoms with Crippen LogP contribution in [0.3, 0.4) is 0 Å². The molecule has 5 aliphatic rings. The molecule has 3 unspecified atom stereocenters. The van der Waals surface area contributed by atoms with Gasteiger partial charge in [-0.1, -0.05) is 26.8 Å². The summed E-state index contributed by atoms with van der Waals surface area (Å²) in [5, 5.41) is 15.3. The molecular weight excluding hydrogens is 691 g/mol. The molecule has 290 valence electrons. The summed E-state index contributed by atoms with van der Waals surface area (Å²) in [5.74, 6) is 1.80. The molecule has 2 bridgehead atoms. The number of aromatic nitrogens is 4. The van der Waals surface area contributed by atoms with Gasteiger partial charge in [0, 0.05) is 68.1 Å². The Bertz CT molecular complexity index is 1680. The lowest BCUT2D eigenvalue weighted by Crippen LogP contribution is -2.58. The van der Waals surface area contributed by atoms with Crippen molar-refractivity contribution in [2.75, 3.05) is 50.4 Å². The van der Waals surface area contributed by atoms with Gasteiger partial charge in [0.2, 0.25) is 5.91 Å². The molecule has 2 saturated heterocycles. The summed E-state index contributed by atoms with van der Waals surface area (Å²) >= 11 is 1.61. The van der Waals surface area contributed by atoms with E-state index in [1.54, 1.807) is 24.4 Å². The van der Waals surface area contributed by atoms with E-state index in [0.717, 1.165) is 75.1 Å². The maximum atomic E-state index is 13.5. The average molecular weight is 750 g/mol. The average Bonchev–Trinajstić information content (AvgIpc) is 3.90. The Morgan fingerprint density at radius 2 is 1.92 bits per heavy atom. The number of aliphatic hydroxyl groups is 1. The molecule has 2 N–H and O–H groups in total. The van der Waals surface area contributed by atoms with Crippen LogP contribution >= 0.6 is 11.8 Å². The van der Waals surface area contributed by atoms with Gasteiger partial charge in [-0.25, -0.2) is 15.0 Å². The van der Waals surface area contributed by atoms with Crippen molar-refractivity contribution in [3.8, 4) is 0 Å². The van der Waals surface area contributed by atoms with E-state index in [2.05, 4.69) is 45.6 Å². The first kappa shape index (κ1) is 38.3. The predicted molar refractivity (Wildman–Crippen MR) is 206 cm³/mol. The maximum Gasteiger partial charge on any atom is 0.316 e. The Morgan fingerprint density at radius 1 is 1.13 bits per heavy atom. The van der Waals surface area contributed by atoms with Crippen molar-refractivity contribution >= 4 is 46.4 Å². The zero-order valence-electron chi connectivity index (χ0n) is 32.0. The third-order valence-corrected chi connectivity index (χ3v) is 15.4. The minimum atomic E-state index is -0.663. The van der Waals surface area contributed by atoms with Gasteiger partial charge in [0.15, 0.2) is 17.0 Å². The number of likely N-dealkylation sites (tertiary alicyclic amines) is 1. The molecule has 5 fully saturated rings. The number of aliphatic hydroxyl groups excluding tert-OH is 1. The van der Waals surface area contributed by atoms with Gasteiger partial charge >= 0.3 is 5.97 Å². The number of aryl methyl sites for hydroxylation is 1. The quantitative estimate of drug-likeness (QED) is 0.248. The zero-order valence-corrected chi connectivity index (χ0v) is 32.9. The predicted octanol–water partition coefficient (Wildman–Crippen LogP) is 4.50. The number of hydrogen-bond donors (Lipinski definition) is 2. The van der Waals surface area contributed by atoms with Crippen LogP contribution in [0.2, 0.25) is 0 Å². The number of esters is 1. The summed E-state index contributed by atoms with van der Waals surface area (Å²) in [7, 11) is 1.99. The van der Waals surface area contributed by atoms with Crippen molar-refractivity contribution in [2.24, 2.45) is 40.4 Å². The van der Waals surface area contributed by atoms with Gasteiger partial charge in [-0.05, 0) is 81.7 Å². The van der Waals surface area contributed by atoms with Crippen LogP contribution in [0, 0.1) is 40.4 Å². The number of hydrogen-bond acceptors (Lipinski definition) is 11. The molecular formula is C40H59N7O5S. The lowest BCUT2D eigenvalue weighted by molar-refractivity contribution is -0.179. The summed E-state index contributed by atoms with van der Waals surface area (Å²) in [6, 6.07) is 0. The molecule has 53 heavy (non-hydrogen) atoms. The van der Waals surface area contributed by atoms with Crippen LogP contribution < -0.4 is 10.2 Å². The second kappa shape index (κ2) is 15.6. The molecule has 4 heterocycles. The van der Waals surface area contributed by atoms with E-state index in [1.807, 2.05) is 29.5 Å². The fraction of sp³-hybridized carbons (Fsp3) is 0.750. The fourth-order valence-corrected chi connectivity index (χ4v) is 11.9. The van der Waals surface area contributed by atoms with Crippen LogP contribution in [-0.2, 0) is 25.7 Å². The van der Waals surface area contributed by atoms with E-state index in [0.29, 0.717) is 44.8 Å². The van der Waals surface area contributed by atoms with Gasteiger partial charge in [0.05, 0.1) is 18.2 Å². The summed E-state index contributed by atoms with van der Waals surface area (Å²) < 4.78 is 8.32. The minimum absolute atomic E-state index is 0.0352. The van der Waals surface area contributed by atoms with Crippen molar-refractivity contribution in [3.63, 3.8) is 0 Å². The molecule has 13 heteroatoms. The first-order valence-corrected chi connectivity index (χ1v) is 21.0. The van der Waals surface area contributed by atoms with Crippen molar-refractivity contribution in [1.82, 2.24) is 29.7 Å². The van der Waals surface area contributed by atoms with Gasteiger partial charge in [0.25, 0.3) is 0 Å². The summed E-state index contributed by atoms with van der Waals surface area (Å²) in [4.78, 5) is 58.3. The highest BCUT2D eigenvalue weighted by Gasteiger charge is 2.63. The molecule has 9 atom stereocenters. The summed E-state index contributed by atoms with van der Waals surface area (Å²) in [6.45, 7) is 15.1. The Hall–Kier alpha value is -3.03. The first-order valence-electron chi connectivity index (χ1n) is 20.0. The van der Waals surface area contributed by atoms with Crippen LogP contribution in [0.4, 0.5) is 5.82 Å². The van der Waals surface area contributed by atoms with Gasteiger partial charge in [0.1, 0.15) is 18.2 Å². The number of Topliss-reactive ketones (excluding diaryl/α,β-unsaturated/α-hetero) is 1. The van der Waals surface area contributed by atoms with E-state index in [4.69, 9.17) is 4.74 Å². The smallest absolute Gasteiger partial charge is 0.316 e. The number of rotatable bonds is 11. The number of nitrogens with zero attached hydrogens (tertiary/aromatic N) is 6. The van der Waals surface area contributed by atoms with Crippen LogP contribution in [-0.4, -0.2) is 110 Å². The van der Waals surface area contributed by atoms with Crippen molar-refractivity contribution < 1.29 is 24.2 Å². The number of fused-ring (bicyclic) bond motifs is 1.